The summed E-state index contributed by atoms with van der Waals surface area (Å²) in [5, 5.41) is 41.6. The monoisotopic (exact) mass is 775 g/mol. The predicted molar refractivity (Wildman–Crippen MR) is 203 cm³/mol. The summed E-state index contributed by atoms with van der Waals surface area (Å²) in [7, 11) is 0. The van der Waals surface area contributed by atoms with Crippen LogP contribution < -0.4 is 38.1 Å². The number of carbonyl (C=O) groups excluding carboxylic acids is 6. The van der Waals surface area contributed by atoms with E-state index in [4.69, 9.17) is 11.5 Å². The molecule has 0 unspecified atom stereocenters. The molecule has 17 heteroatoms. The number of carboxylic acids is 1. The highest BCUT2D eigenvalue weighted by Gasteiger charge is 2.34. The van der Waals surface area contributed by atoms with Crippen molar-refractivity contribution in [3.05, 3.63) is 102 Å². The smallest absolute Gasteiger partial charge is 0.326 e. The normalized spacial score (nSPS) is 14.2. The Morgan fingerprint density at radius 1 is 0.571 bits per heavy atom. The molecule has 56 heavy (non-hydrogen) atoms. The Morgan fingerprint density at radius 3 is 1.52 bits per heavy atom. The molecule has 0 saturated heterocycles. The summed E-state index contributed by atoms with van der Waals surface area (Å²) in [6.45, 7) is 2.37. The van der Waals surface area contributed by atoms with Crippen LogP contribution in [-0.2, 0) is 52.8 Å². The minimum atomic E-state index is -1.64. The fraction of sp³-hybridized carbons (Fsp3) is 0.359. The molecule has 3 rings (SSSR count). The lowest BCUT2D eigenvalue weighted by Gasteiger charge is -2.27. The zero-order valence-electron chi connectivity index (χ0n) is 31.0. The standard InChI is InChI=1S/C39H49N7O10/c1-22(2)33(46-34(50)27(40)17-25-13-15-26(48)16-14-25)38(54)45-31(21-47)37(53)42-28(18-23-9-5-3-6-10-23)35(51)43-29(20-32(41)49)36(52)44-30(39(55)56)19-24-11-7-4-8-12-24/h3-16,22,27-31,33,47-48H,17-21,40H2,1-2H3,(H2,41,49)(H,42,53)(H,43,51)(H,44,52)(H,45,54)(H,46,50)(H,55,56)/t27-,28-,29-,30-,31-,33-/m0/s1. The molecular weight excluding hydrogens is 726 g/mol. The Labute approximate surface area is 323 Å². The van der Waals surface area contributed by atoms with Crippen LogP contribution in [0.1, 0.15) is 37.0 Å². The van der Waals surface area contributed by atoms with Gasteiger partial charge in [-0.2, -0.15) is 0 Å². The van der Waals surface area contributed by atoms with Crippen LogP contribution in [-0.4, -0.2) is 99.6 Å². The number of nitrogens with two attached hydrogens (primary N) is 2. The van der Waals surface area contributed by atoms with Gasteiger partial charge in [0.15, 0.2) is 0 Å². The third kappa shape index (κ3) is 14.1. The SMILES string of the molecule is CC(C)[C@H](NC(=O)[C@@H](N)Cc1ccc(O)cc1)C(=O)N[C@@H](CO)C(=O)N[C@@H](Cc1ccccc1)C(=O)N[C@@H](CC(N)=O)C(=O)N[C@@H](Cc1ccccc1)C(=O)O. The molecule has 0 aliphatic rings. The van der Waals surface area contributed by atoms with Crippen molar-refractivity contribution in [2.45, 2.75) is 75.8 Å². The molecule has 0 heterocycles. The molecule has 17 nitrogen and oxygen atoms in total. The van der Waals surface area contributed by atoms with Crippen molar-refractivity contribution < 1.29 is 48.9 Å². The molecule has 6 atom stereocenters. The average Bonchev–Trinajstić information content (AvgIpc) is 3.16. The number of rotatable bonds is 21. The van der Waals surface area contributed by atoms with E-state index in [-0.39, 0.29) is 25.0 Å². The first kappa shape index (κ1) is 44.1. The molecule has 3 aromatic rings. The number of nitrogens with one attached hydrogen (secondary N) is 5. The van der Waals surface area contributed by atoms with Gasteiger partial charge in [0.25, 0.3) is 0 Å². The van der Waals surface area contributed by atoms with Crippen molar-refractivity contribution in [3.8, 4) is 5.75 Å². The number of phenols is 1. The Bertz CT molecular complexity index is 1810. The van der Waals surface area contributed by atoms with Gasteiger partial charge in [-0.25, -0.2) is 4.79 Å². The summed E-state index contributed by atoms with van der Waals surface area (Å²) in [6.07, 6.45) is -0.864. The molecule has 6 amide bonds. The van der Waals surface area contributed by atoms with Crippen molar-refractivity contribution in [1.82, 2.24) is 26.6 Å². The lowest BCUT2D eigenvalue weighted by atomic mass is 10.0. The van der Waals surface area contributed by atoms with E-state index in [9.17, 15) is 48.9 Å². The number of hydrogen-bond donors (Lipinski definition) is 10. The van der Waals surface area contributed by atoms with E-state index in [1.165, 1.54) is 12.1 Å². The van der Waals surface area contributed by atoms with Crippen molar-refractivity contribution in [2.75, 3.05) is 6.61 Å². The summed E-state index contributed by atoms with van der Waals surface area (Å²) in [6, 6.07) is 14.6. The van der Waals surface area contributed by atoms with Crippen molar-refractivity contribution >= 4 is 41.4 Å². The number of aromatic hydroxyl groups is 1. The summed E-state index contributed by atoms with van der Waals surface area (Å²) < 4.78 is 0. The number of hydrogen-bond acceptors (Lipinski definition) is 10. The minimum Gasteiger partial charge on any atom is -0.508 e. The Hall–Kier alpha value is -6.33. The zero-order chi connectivity index (χ0) is 41.4. The minimum absolute atomic E-state index is 0.0401. The quantitative estimate of drug-likeness (QED) is 0.0612. The van der Waals surface area contributed by atoms with E-state index in [0.29, 0.717) is 16.7 Å². The maximum absolute atomic E-state index is 13.8. The first-order chi connectivity index (χ1) is 26.6. The number of carbonyl (C=O) groups is 7. The Morgan fingerprint density at radius 2 is 1.02 bits per heavy atom. The van der Waals surface area contributed by atoms with Crippen LogP contribution in [0, 0.1) is 5.92 Å². The lowest BCUT2D eigenvalue weighted by molar-refractivity contribution is -0.142. The maximum Gasteiger partial charge on any atom is 0.326 e. The molecule has 0 radical (unpaired) electrons. The second-order valence-corrected chi connectivity index (χ2v) is 13.5. The second kappa shape index (κ2) is 21.5. The summed E-state index contributed by atoms with van der Waals surface area (Å²) >= 11 is 0. The van der Waals surface area contributed by atoms with E-state index in [0.717, 1.165) is 0 Å². The average molecular weight is 776 g/mol. The lowest BCUT2D eigenvalue weighted by Crippen LogP contribution is -2.61. The third-order valence-corrected chi connectivity index (χ3v) is 8.64. The summed E-state index contributed by atoms with van der Waals surface area (Å²) in [4.78, 5) is 91.0. The fourth-order valence-corrected chi connectivity index (χ4v) is 5.57. The number of phenolic OH excluding ortho intramolecular Hbond substituents is 1. The number of primary amides is 1. The Balaban J connectivity index is 1.76. The van der Waals surface area contributed by atoms with Gasteiger partial charge in [0.2, 0.25) is 35.4 Å². The first-order valence-corrected chi connectivity index (χ1v) is 17.8. The molecule has 0 aliphatic heterocycles. The van der Waals surface area contributed by atoms with Gasteiger partial charge in [0.1, 0.15) is 36.0 Å². The highest BCUT2D eigenvalue weighted by Crippen LogP contribution is 2.12. The molecular formula is C39H49N7O10. The van der Waals surface area contributed by atoms with Crippen molar-refractivity contribution in [1.29, 1.82) is 0 Å². The number of benzene rings is 3. The molecule has 0 aliphatic carbocycles. The van der Waals surface area contributed by atoms with Crippen LogP contribution in [0.15, 0.2) is 84.9 Å². The van der Waals surface area contributed by atoms with Crippen LogP contribution in [0.5, 0.6) is 5.75 Å². The van der Waals surface area contributed by atoms with Crippen molar-refractivity contribution in [3.63, 3.8) is 0 Å². The van der Waals surface area contributed by atoms with Gasteiger partial charge in [-0.1, -0.05) is 86.6 Å². The molecule has 0 aromatic heterocycles. The van der Waals surface area contributed by atoms with E-state index < -0.39 is 96.6 Å². The van der Waals surface area contributed by atoms with Crippen LogP contribution in [0.25, 0.3) is 0 Å². The van der Waals surface area contributed by atoms with Gasteiger partial charge < -0.3 is 53.4 Å². The van der Waals surface area contributed by atoms with Gasteiger partial charge in [0.05, 0.1) is 19.1 Å². The van der Waals surface area contributed by atoms with E-state index in [2.05, 4.69) is 26.6 Å². The van der Waals surface area contributed by atoms with Gasteiger partial charge in [-0.05, 0) is 41.2 Å². The molecule has 0 spiro atoms. The molecule has 0 fully saturated rings. The number of amides is 6. The van der Waals surface area contributed by atoms with E-state index >= 15 is 0 Å². The zero-order valence-corrected chi connectivity index (χ0v) is 31.0. The van der Waals surface area contributed by atoms with Crippen LogP contribution in [0.3, 0.4) is 0 Å². The van der Waals surface area contributed by atoms with Gasteiger partial charge >= 0.3 is 5.97 Å². The number of aliphatic carboxylic acids is 1. The van der Waals surface area contributed by atoms with Crippen molar-refractivity contribution in [2.24, 2.45) is 17.4 Å². The van der Waals surface area contributed by atoms with E-state index in [1.54, 1.807) is 86.6 Å². The Kier molecular flexibility index (Phi) is 16.9. The molecule has 0 saturated carbocycles. The number of aliphatic hydroxyl groups is 1. The fourth-order valence-electron chi connectivity index (χ4n) is 5.57. The van der Waals surface area contributed by atoms with Gasteiger partial charge in [-0.3, -0.25) is 28.8 Å². The number of carboxylic acid groups (broad SMARTS) is 1. The van der Waals surface area contributed by atoms with Crippen LogP contribution in [0.2, 0.25) is 0 Å². The molecule has 0 bridgehead atoms. The van der Waals surface area contributed by atoms with Gasteiger partial charge in [-0.15, -0.1) is 0 Å². The molecule has 3 aromatic carbocycles. The van der Waals surface area contributed by atoms with Crippen LogP contribution >= 0.6 is 0 Å². The first-order valence-electron chi connectivity index (χ1n) is 17.8. The van der Waals surface area contributed by atoms with E-state index in [1.807, 2.05) is 0 Å². The van der Waals surface area contributed by atoms with Crippen LogP contribution in [0.4, 0.5) is 0 Å². The summed E-state index contributed by atoms with van der Waals surface area (Å²) in [5.41, 5.74) is 13.3. The second-order valence-electron chi connectivity index (χ2n) is 13.5. The largest absolute Gasteiger partial charge is 0.508 e. The molecule has 300 valence electrons. The molecule has 12 N–H and O–H groups in total. The maximum atomic E-state index is 13.8. The number of aliphatic hydroxyl groups excluding tert-OH is 1. The highest BCUT2D eigenvalue weighted by atomic mass is 16.4. The topological polar surface area (TPSA) is 292 Å². The third-order valence-electron chi connectivity index (χ3n) is 8.64. The predicted octanol–water partition coefficient (Wildman–Crippen LogP) is -1.22. The van der Waals surface area contributed by atoms with Gasteiger partial charge in [0, 0.05) is 12.8 Å². The highest BCUT2D eigenvalue weighted by molar-refractivity contribution is 5.97. The summed E-state index contributed by atoms with van der Waals surface area (Å²) in [5.74, 6) is -7.29.